The van der Waals surface area contributed by atoms with E-state index in [2.05, 4.69) is 10.3 Å². The van der Waals surface area contributed by atoms with Crippen molar-refractivity contribution >= 4 is 29.7 Å². The van der Waals surface area contributed by atoms with Gasteiger partial charge in [-0.1, -0.05) is 25.0 Å². The lowest BCUT2D eigenvalue weighted by Crippen LogP contribution is -2.33. The lowest BCUT2D eigenvalue weighted by molar-refractivity contribution is 0.0917. The van der Waals surface area contributed by atoms with Crippen LogP contribution in [0, 0.1) is 11.7 Å². The van der Waals surface area contributed by atoms with Crippen LogP contribution >= 0.6 is 23.7 Å². The quantitative estimate of drug-likeness (QED) is 0.841. The van der Waals surface area contributed by atoms with Gasteiger partial charge in [-0.15, -0.1) is 23.7 Å². The zero-order chi connectivity index (χ0) is 16.2. The first-order chi connectivity index (χ1) is 11.2. The summed E-state index contributed by atoms with van der Waals surface area (Å²) in [6, 6.07) is 6.29. The monoisotopic (exact) mass is 369 g/mol. The molecule has 130 valence electrons. The minimum Gasteiger partial charge on any atom is -0.344 e. The number of halogens is 2. The van der Waals surface area contributed by atoms with E-state index >= 15 is 0 Å². The number of nitrogens with two attached hydrogens (primary N) is 1. The molecule has 1 fully saturated rings. The summed E-state index contributed by atoms with van der Waals surface area (Å²) < 4.78 is 13.2. The SMILES string of the molecule is Cl.NCc1nc(C(=O)NC(c2ccc(F)cc2)C2CCCC2)cs1. The maximum atomic E-state index is 13.2. The average Bonchev–Trinajstić information content (AvgIpc) is 3.25. The van der Waals surface area contributed by atoms with Crippen molar-refractivity contribution in [2.24, 2.45) is 11.7 Å². The first kappa shape index (κ1) is 18.8. The molecule has 24 heavy (non-hydrogen) atoms. The van der Waals surface area contributed by atoms with Crippen molar-refractivity contribution < 1.29 is 9.18 Å². The molecule has 1 unspecified atom stereocenters. The van der Waals surface area contributed by atoms with Crippen LogP contribution < -0.4 is 11.1 Å². The van der Waals surface area contributed by atoms with E-state index in [4.69, 9.17) is 5.73 Å². The van der Waals surface area contributed by atoms with Gasteiger partial charge in [-0.2, -0.15) is 0 Å². The Hall–Kier alpha value is -1.50. The maximum Gasteiger partial charge on any atom is 0.271 e. The van der Waals surface area contributed by atoms with Crippen LogP contribution in [-0.2, 0) is 6.54 Å². The number of hydrogen-bond donors (Lipinski definition) is 2. The highest BCUT2D eigenvalue weighted by Gasteiger charge is 2.28. The first-order valence-corrected chi connectivity index (χ1v) is 8.76. The molecule has 0 bridgehead atoms. The number of nitrogens with zero attached hydrogens (tertiary/aromatic N) is 1. The molecule has 4 nitrogen and oxygen atoms in total. The Kier molecular flexibility index (Phi) is 6.71. The van der Waals surface area contributed by atoms with Crippen molar-refractivity contribution in [1.82, 2.24) is 10.3 Å². The molecule has 1 heterocycles. The van der Waals surface area contributed by atoms with Gasteiger partial charge in [-0.3, -0.25) is 4.79 Å². The van der Waals surface area contributed by atoms with Gasteiger partial charge in [0.1, 0.15) is 16.5 Å². The van der Waals surface area contributed by atoms with E-state index in [-0.39, 0.29) is 30.2 Å². The second-order valence-corrected chi connectivity index (χ2v) is 6.82. The number of rotatable bonds is 5. The molecule has 1 aromatic carbocycles. The van der Waals surface area contributed by atoms with Gasteiger partial charge in [0.15, 0.2) is 0 Å². The van der Waals surface area contributed by atoms with Crippen molar-refractivity contribution in [3.8, 4) is 0 Å². The molecule has 1 saturated carbocycles. The van der Waals surface area contributed by atoms with Gasteiger partial charge in [-0.05, 0) is 36.5 Å². The summed E-state index contributed by atoms with van der Waals surface area (Å²) in [5, 5.41) is 5.57. The molecule has 1 aliphatic rings. The normalized spacial score (nSPS) is 15.8. The summed E-state index contributed by atoms with van der Waals surface area (Å²) in [4.78, 5) is 16.7. The average molecular weight is 370 g/mol. The number of nitrogens with one attached hydrogen (secondary N) is 1. The molecular formula is C17H21ClFN3OS. The summed E-state index contributed by atoms with van der Waals surface area (Å²) >= 11 is 1.39. The van der Waals surface area contributed by atoms with E-state index in [0.29, 0.717) is 18.2 Å². The molecule has 3 N–H and O–H groups in total. The van der Waals surface area contributed by atoms with Crippen LogP contribution in [-0.4, -0.2) is 10.9 Å². The maximum absolute atomic E-state index is 13.2. The van der Waals surface area contributed by atoms with Crippen LogP contribution in [0.1, 0.15) is 52.8 Å². The molecule has 7 heteroatoms. The van der Waals surface area contributed by atoms with Gasteiger partial charge in [0.25, 0.3) is 5.91 Å². The number of amides is 1. The Bertz CT molecular complexity index is 671. The summed E-state index contributed by atoms with van der Waals surface area (Å²) in [5.41, 5.74) is 6.90. The van der Waals surface area contributed by atoms with E-state index in [1.165, 1.54) is 36.3 Å². The van der Waals surface area contributed by atoms with Crippen LogP contribution in [0.4, 0.5) is 4.39 Å². The van der Waals surface area contributed by atoms with Crippen LogP contribution in [0.5, 0.6) is 0 Å². The molecule has 0 radical (unpaired) electrons. The molecule has 0 aliphatic heterocycles. The molecule has 2 aromatic rings. The van der Waals surface area contributed by atoms with Crippen LogP contribution in [0.15, 0.2) is 29.6 Å². The molecule has 1 aliphatic carbocycles. The zero-order valence-corrected chi connectivity index (χ0v) is 14.8. The Morgan fingerprint density at radius 3 is 2.58 bits per heavy atom. The second kappa shape index (κ2) is 8.55. The Labute approximate surface area is 151 Å². The standard InChI is InChI=1S/C17H20FN3OS.ClH/c18-13-7-5-12(6-8-13)16(11-3-1-2-4-11)21-17(22)14-10-23-15(9-19)20-14;/h5-8,10-11,16H,1-4,9,19H2,(H,21,22);1H. The smallest absolute Gasteiger partial charge is 0.271 e. The number of benzene rings is 1. The van der Waals surface area contributed by atoms with Gasteiger partial charge in [0.2, 0.25) is 0 Å². The fourth-order valence-electron chi connectivity index (χ4n) is 3.16. The molecule has 3 rings (SSSR count). The number of thiazole rings is 1. The van der Waals surface area contributed by atoms with Crippen molar-refractivity contribution in [3.05, 3.63) is 51.7 Å². The minimum absolute atomic E-state index is 0. The Morgan fingerprint density at radius 1 is 1.33 bits per heavy atom. The molecule has 1 amide bonds. The predicted molar refractivity (Wildman–Crippen MR) is 95.8 cm³/mol. The van der Waals surface area contributed by atoms with E-state index in [9.17, 15) is 9.18 Å². The minimum atomic E-state index is -0.266. The number of hydrogen-bond acceptors (Lipinski definition) is 4. The van der Waals surface area contributed by atoms with E-state index in [1.807, 2.05) is 0 Å². The third-order valence-electron chi connectivity index (χ3n) is 4.35. The lowest BCUT2D eigenvalue weighted by atomic mass is 9.91. The number of carbonyl (C=O) groups excluding carboxylic acids is 1. The topological polar surface area (TPSA) is 68.0 Å². The van der Waals surface area contributed by atoms with Gasteiger partial charge < -0.3 is 11.1 Å². The summed E-state index contributed by atoms with van der Waals surface area (Å²) in [6.07, 6.45) is 4.50. The number of carbonyl (C=O) groups is 1. The number of aromatic nitrogens is 1. The fraction of sp³-hybridized carbons (Fsp3) is 0.412. The molecular weight excluding hydrogens is 349 g/mol. The Balaban J connectivity index is 0.00000208. The first-order valence-electron chi connectivity index (χ1n) is 7.88. The van der Waals surface area contributed by atoms with Gasteiger partial charge in [-0.25, -0.2) is 9.37 Å². The highest BCUT2D eigenvalue weighted by Crippen LogP contribution is 2.36. The van der Waals surface area contributed by atoms with Gasteiger partial charge >= 0.3 is 0 Å². The summed E-state index contributed by atoms with van der Waals surface area (Å²) in [6.45, 7) is 0.335. The lowest BCUT2D eigenvalue weighted by Gasteiger charge is -2.25. The summed E-state index contributed by atoms with van der Waals surface area (Å²) in [7, 11) is 0. The molecule has 0 spiro atoms. The highest BCUT2D eigenvalue weighted by molar-refractivity contribution is 7.09. The molecule has 1 atom stereocenters. The third-order valence-corrected chi connectivity index (χ3v) is 5.22. The van der Waals surface area contributed by atoms with Gasteiger partial charge in [0.05, 0.1) is 6.04 Å². The fourth-order valence-corrected chi connectivity index (χ4v) is 3.81. The van der Waals surface area contributed by atoms with Crippen LogP contribution in [0.25, 0.3) is 0 Å². The zero-order valence-electron chi connectivity index (χ0n) is 13.2. The largest absolute Gasteiger partial charge is 0.344 e. The predicted octanol–water partition coefficient (Wildman–Crippen LogP) is 3.82. The van der Waals surface area contributed by atoms with Crippen molar-refractivity contribution in [3.63, 3.8) is 0 Å². The van der Waals surface area contributed by atoms with E-state index in [0.717, 1.165) is 23.4 Å². The Morgan fingerprint density at radius 2 is 2.00 bits per heavy atom. The van der Waals surface area contributed by atoms with Crippen molar-refractivity contribution in [2.75, 3.05) is 0 Å². The highest BCUT2D eigenvalue weighted by atomic mass is 35.5. The van der Waals surface area contributed by atoms with Crippen LogP contribution in [0.2, 0.25) is 0 Å². The van der Waals surface area contributed by atoms with Gasteiger partial charge in [0, 0.05) is 11.9 Å². The van der Waals surface area contributed by atoms with E-state index < -0.39 is 0 Å². The van der Waals surface area contributed by atoms with Crippen molar-refractivity contribution in [1.29, 1.82) is 0 Å². The third kappa shape index (κ3) is 4.32. The van der Waals surface area contributed by atoms with Crippen molar-refractivity contribution in [2.45, 2.75) is 38.3 Å². The van der Waals surface area contributed by atoms with Crippen LogP contribution in [0.3, 0.4) is 0 Å². The molecule has 0 saturated heterocycles. The summed E-state index contributed by atoms with van der Waals surface area (Å²) in [5.74, 6) is -0.0726. The molecule has 1 aromatic heterocycles. The second-order valence-electron chi connectivity index (χ2n) is 5.88. The van der Waals surface area contributed by atoms with E-state index in [1.54, 1.807) is 17.5 Å².